The minimum absolute atomic E-state index is 0.605. The molecule has 3 rings (SSSR count). The zero-order chi connectivity index (χ0) is 14.7. The number of rotatable bonds is 4. The molecule has 1 aromatic heterocycles. The summed E-state index contributed by atoms with van der Waals surface area (Å²) in [5, 5.41) is 8.03. The van der Waals surface area contributed by atoms with Crippen LogP contribution in [-0.2, 0) is 6.54 Å². The Morgan fingerprint density at radius 2 is 2.14 bits per heavy atom. The Bertz CT molecular complexity index is 562. The first-order valence-corrected chi connectivity index (χ1v) is 8.03. The minimum Gasteiger partial charge on any atom is -0.382 e. The topological polar surface area (TPSA) is 29.9 Å². The Labute approximate surface area is 127 Å². The Balaban J connectivity index is 1.68. The van der Waals surface area contributed by atoms with Gasteiger partial charge in [0.1, 0.15) is 0 Å². The Kier molecular flexibility index (Phi) is 4.28. The van der Waals surface area contributed by atoms with Crippen LogP contribution in [0.25, 0.3) is 0 Å². The molecule has 0 aliphatic heterocycles. The Morgan fingerprint density at radius 3 is 2.95 bits per heavy atom. The maximum Gasteiger partial charge on any atom is 0.0660 e. The Hall–Kier alpha value is -1.77. The van der Waals surface area contributed by atoms with Crippen molar-refractivity contribution in [2.75, 3.05) is 5.32 Å². The van der Waals surface area contributed by atoms with Crippen molar-refractivity contribution in [3.8, 4) is 0 Å². The maximum atomic E-state index is 4.28. The zero-order valence-electron chi connectivity index (χ0n) is 13.0. The highest BCUT2D eigenvalue weighted by Crippen LogP contribution is 2.30. The van der Waals surface area contributed by atoms with E-state index in [0.29, 0.717) is 6.04 Å². The second-order valence-corrected chi connectivity index (χ2v) is 6.55. The van der Waals surface area contributed by atoms with Crippen molar-refractivity contribution in [2.45, 2.75) is 45.7 Å². The molecule has 3 heteroatoms. The van der Waals surface area contributed by atoms with E-state index < -0.39 is 0 Å². The van der Waals surface area contributed by atoms with E-state index in [1.165, 1.54) is 30.5 Å². The summed E-state index contributed by atoms with van der Waals surface area (Å²) in [5.74, 6) is 1.60. The van der Waals surface area contributed by atoms with Crippen LogP contribution in [0.3, 0.4) is 0 Å². The predicted octanol–water partition coefficient (Wildman–Crippen LogP) is 4.17. The van der Waals surface area contributed by atoms with E-state index in [-0.39, 0.29) is 0 Å². The summed E-state index contributed by atoms with van der Waals surface area (Å²) in [6.07, 6.45) is 7.83. The molecule has 0 saturated heterocycles. The number of hydrogen-bond donors (Lipinski definition) is 1. The summed E-state index contributed by atoms with van der Waals surface area (Å²) >= 11 is 0. The van der Waals surface area contributed by atoms with Gasteiger partial charge in [0.15, 0.2) is 0 Å². The van der Waals surface area contributed by atoms with E-state index in [1.807, 2.05) is 23.1 Å². The molecule has 3 atom stereocenters. The highest BCUT2D eigenvalue weighted by molar-refractivity contribution is 5.46. The first kappa shape index (κ1) is 14.2. The molecule has 1 fully saturated rings. The summed E-state index contributed by atoms with van der Waals surface area (Å²) in [6.45, 7) is 5.57. The van der Waals surface area contributed by atoms with Gasteiger partial charge in [-0.3, -0.25) is 4.68 Å². The van der Waals surface area contributed by atoms with Gasteiger partial charge in [-0.25, -0.2) is 0 Å². The first-order valence-electron chi connectivity index (χ1n) is 8.03. The van der Waals surface area contributed by atoms with E-state index in [1.54, 1.807) is 0 Å². The summed E-state index contributed by atoms with van der Waals surface area (Å²) in [5.41, 5.74) is 2.53. The molecule has 1 aliphatic rings. The molecule has 0 radical (unpaired) electrons. The summed E-state index contributed by atoms with van der Waals surface area (Å²) in [7, 11) is 0. The molecule has 2 aromatic rings. The smallest absolute Gasteiger partial charge is 0.0660 e. The highest BCUT2D eigenvalue weighted by atomic mass is 15.3. The molecule has 112 valence electrons. The van der Waals surface area contributed by atoms with E-state index in [2.05, 4.69) is 48.5 Å². The van der Waals surface area contributed by atoms with Crippen LogP contribution in [0.4, 0.5) is 5.69 Å². The second-order valence-electron chi connectivity index (χ2n) is 6.55. The van der Waals surface area contributed by atoms with Gasteiger partial charge in [0.05, 0.1) is 6.54 Å². The largest absolute Gasteiger partial charge is 0.382 e. The number of aromatic nitrogens is 2. The molecule has 3 nitrogen and oxygen atoms in total. The van der Waals surface area contributed by atoms with Crippen molar-refractivity contribution in [1.29, 1.82) is 0 Å². The molecule has 21 heavy (non-hydrogen) atoms. The van der Waals surface area contributed by atoms with Crippen LogP contribution in [0.2, 0.25) is 0 Å². The van der Waals surface area contributed by atoms with Crippen LogP contribution in [0.15, 0.2) is 42.7 Å². The summed E-state index contributed by atoms with van der Waals surface area (Å²) in [4.78, 5) is 0. The zero-order valence-corrected chi connectivity index (χ0v) is 13.0. The predicted molar refractivity (Wildman–Crippen MR) is 87.4 cm³/mol. The number of nitrogens with one attached hydrogen (secondary N) is 1. The van der Waals surface area contributed by atoms with Gasteiger partial charge in [-0.1, -0.05) is 32.4 Å². The van der Waals surface area contributed by atoms with E-state index >= 15 is 0 Å². The summed E-state index contributed by atoms with van der Waals surface area (Å²) in [6, 6.07) is 11.3. The number of hydrogen-bond acceptors (Lipinski definition) is 2. The van der Waals surface area contributed by atoms with Crippen LogP contribution in [-0.4, -0.2) is 15.8 Å². The number of nitrogens with zero attached hydrogens (tertiary/aromatic N) is 2. The van der Waals surface area contributed by atoms with Gasteiger partial charge in [0.25, 0.3) is 0 Å². The molecule has 1 aliphatic carbocycles. The molecule has 0 bridgehead atoms. The lowest BCUT2D eigenvalue weighted by molar-refractivity contribution is 0.280. The van der Waals surface area contributed by atoms with Gasteiger partial charge in [-0.05, 0) is 48.4 Å². The maximum absolute atomic E-state index is 4.28. The van der Waals surface area contributed by atoms with Gasteiger partial charge >= 0.3 is 0 Å². The lowest BCUT2D eigenvalue weighted by Gasteiger charge is -2.34. The average molecular weight is 283 g/mol. The SMILES string of the molecule is CC1CCC(C)C(Nc2cccc(Cn3cccn3)c2)C1. The molecule has 1 N–H and O–H groups in total. The monoisotopic (exact) mass is 283 g/mol. The van der Waals surface area contributed by atoms with E-state index in [9.17, 15) is 0 Å². The van der Waals surface area contributed by atoms with E-state index in [0.717, 1.165) is 18.4 Å². The van der Waals surface area contributed by atoms with Crippen molar-refractivity contribution in [3.63, 3.8) is 0 Å². The molecule has 1 heterocycles. The van der Waals surface area contributed by atoms with E-state index in [4.69, 9.17) is 0 Å². The van der Waals surface area contributed by atoms with Gasteiger partial charge in [0.2, 0.25) is 0 Å². The normalized spacial score (nSPS) is 25.7. The fraction of sp³-hybridized carbons (Fsp3) is 0.500. The molecule has 1 saturated carbocycles. The molecule has 0 amide bonds. The van der Waals surface area contributed by atoms with Crippen LogP contribution in [0.5, 0.6) is 0 Å². The van der Waals surface area contributed by atoms with Gasteiger partial charge in [-0.15, -0.1) is 0 Å². The van der Waals surface area contributed by atoms with Crippen molar-refractivity contribution < 1.29 is 0 Å². The van der Waals surface area contributed by atoms with Crippen LogP contribution in [0.1, 0.15) is 38.7 Å². The van der Waals surface area contributed by atoms with Crippen molar-refractivity contribution in [2.24, 2.45) is 11.8 Å². The number of anilines is 1. The van der Waals surface area contributed by atoms with Crippen molar-refractivity contribution >= 4 is 5.69 Å². The average Bonchev–Trinajstić information content (AvgIpc) is 2.96. The standard InChI is InChI=1S/C18H25N3/c1-14-7-8-15(2)18(11-14)20-17-6-3-5-16(12-17)13-21-10-4-9-19-21/h3-6,9-10,12,14-15,18,20H,7-8,11,13H2,1-2H3. The quantitative estimate of drug-likeness (QED) is 0.912. The lowest BCUT2D eigenvalue weighted by atomic mass is 9.80. The molecule has 0 spiro atoms. The molecule has 3 unspecified atom stereocenters. The van der Waals surface area contributed by atoms with Crippen molar-refractivity contribution in [1.82, 2.24) is 9.78 Å². The Morgan fingerprint density at radius 1 is 1.24 bits per heavy atom. The fourth-order valence-corrected chi connectivity index (χ4v) is 3.29. The lowest BCUT2D eigenvalue weighted by Crippen LogP contribution is -2.33. The third-order valence-corrected chi connectivity index (χ3v) is 4.64. The second kappa shape index (κ2) is 6.33. The van der Waals surface area contributed by atoms with Crippen LogP contribution < -0.4 is 5.32 Å². The molecular formula is C18H25N3. The fourth-order valence-electron chi connectivity index (χ4n) is 3.29. The van der Waals surface area contributed by atoms with Crippen LogP contribution >= 0.6 is 0 Å². The van der Waals surface area contributed by atoms with Crippen molar-refractivity contribution in [3.05, 3.63) is 48.3 Å². The number of benzene rings is 1. The summed E-state index contributed by atoms with van der Waals surface area (Å²) < 4.78 is 1.96. The third kappa shape index (κ3) is 3.66. The van der Waals surface area contributed by atoms with Gasteiger partial charge in [-0.2, -0.15) is 5.10 Å². The van der Waals surface area contributed by atoms with Gasteiger partial charge < -0.3 is 5.32 Å². The van der Waals surface area contributed by atoms with Crippen LogP contribution in [0, 0.1) is 11.8 Å². The third-order valence-electron chi connectivity index (χ3n) is 4.64. The molecular weight excluding hydrogens is 258 g/mol. The molecule has 1 aromatic carbocycles. The highest BCUT2D eigenvalue weighted by Gasteiger charge is 2.25. The minimum atomic E-state index is 0.605. The van der Waals surface area contributed by atoms with Gasteiger partial charge in [0, 0.05) is 24.1 Å². The first-order chi connectivity index (χ1) is 10.2.